The molecule has 28 heavy (non-hydrogen) atoms. The number of nitrogen functional groups attached to an aromatic ring is 1. The van der Waals surface area contributed by atoms with Crippen LogP contribution in [0.25, 0.3) is 11.1 Å². The number of piperidine rings is 1. The second-order valence-corrected chi connectivity index (χ2v) is 7.61. The van der Waals surface area contributed by atoms with Crippen LogP contribution >= 0.6 is 11.6 Å². The predicted octanol–water partition coefficient (Wildman–Crippen LogP) is 5.42. The van der Waals surface area contributed by atoms with Crippen molar-refractivity contribution in [2.24, 2.45) is 0 Å². The van der Waals surface area contributed by atoms with Crippen molar-refractivity contribution in [3.05, 3.63) is 59.1 Å². The molecule has 0 aliphatic carbocycles. The Labute approximate surface area is 170 Å². The highest BCUT2D eigenvalue weighted by atomic mass is 35.5. The van der Waals surface area contributed by atoms with Crippen LogP contribution in [0, 0.1) is 6.92 Å². The van der Waals surface area contributed by atoms with Crippen LogP contribution in [-0.4, -0.2) is 23.1 Å². The molecule has 0 bridgehead atoms. The molecule has 4 rings (SSSR count). The molecule has 0 unspecified atom stereocenters. The van der Waals surface area contributed by atoms with Crippen LogP contribution < -0.4 is 16.0 Å². The van der Waals surface area contributed by atoms with Crippen molar-refractivity contribution in [2.75, 3.05) is 29.0 Å². The van der Waals surface area contributed by atoms with Crippen LogP contribution in [0.2, 0.25) is 5.02 Å². The first-order valence-corrected chi connectivity index (χ1v) is 10.00. The van der Waals surface area contributed by atoms with Gasteiger partial charge in [0.15, 0.2) is 0 Å². The topological polar surface area (TPSA) is 67.1 Å². The average molecular weight is 394 g/mol. The largest absolute Gasteiger partial charge is 0.368 e. The van der Waals surface area contributed by atoms with Crippen molar-refractivity contribution in [2.45, 2.75) is 26.2 Å². The molecule has 1 aliphatic rings. The van der Waals surface area contributed by atoms with Gasteiger partial charge in [0.25, 0.3) is 0 Å². The van der Waals surface area contributed by atoms with Gasteiger partial charge >= 0.3 is 0 Å². The number of rotatable bonds is 4. The minimum atomic E-state index is 0.271. The Bertz CT molecular complexity index is 948. The lowest BCUT2D eigenvalue weighted by Gasteiger charge is -2.30. The second kappa shape index (κ2) is 8.07. The van der Waals surface area contributed by atoms with Gasteiger partial charge in [-0.1, -0.05) is 41.4 Å². The summed E-state index contributed by atoms with van der Waals surface area (Å²) in [5, 5.41) is 4.14. The summed E-state index contributed by atoms with van der Waals surface area (Å²) < 4.78 is 0. The van der Waals surface area contributed by atoms with Gasteiger partial charge in [-0.25, -0.2) is 0 Å². The van der Waals surface area contributed by atoms with E-state index >= 15 is 0 Å². The normalized spacial score (nSPS) is 14.1. The zero-order valence-electron chi connectivity index (χ0n) is 16.0. The zero-order chi connectivity index (χ0) is 19.5. The molecule has 6 heteroatoms. The Morgan fingerprint density at radius 3 is 2.29 bits per heavy atom. The molecule has 1 fully saturated rings. The highest BCUT2D eigenvalue weighted by Gasteiger charge is 2.22. The molecule has 2 aromatic carbocycles. The van der Waals surface area contributed by atoms with E-state index in [1.165, 1.54) is 12.0 Å². The van der Waals surface area contributed by atoms with Gasteiger partial charge < -0.3 is 16.0 Å². The van der Waals surface area contributed by atoms with E-state index in [9.17, 15) is 0 Å². The van der Waals surface area contributed by atoms with Gasteiger partial charge in [0.05, 0.1) is 5.56 Å². The number of aromatic nitrogens is 2. The number of nitrogens with zero attached hydrogens (tertiary/aromatic N) is 3. The van der Waals surface area contributed by atoms with Crippen LogP contribution in [-0.2, 0) is 0 Å². The Kier molecular flexibility index (Phi) is 5.35. The summed E-state index contributed by atoms with van der Waals surface area (Å²) in [7, 11) is 0. The van der Waals surface area contributed by atoms with E-state index in [1.807, 2.05) is 36.4 Å². The van der Waals surface area contributed by atoms with Crippen molar-refractivity contribution >= 4 is 34.9 Å². The molecule has 5 nitrogen and oxygen atoms in total. The Morgan fingerprint density at radius 1 is 0.929 bits per heavy atom. The number of hydrogen-bond acceptors (Lipinski definition) is 5. The van der Waals surface area contributed by atoms with E-state index in [0.29, 0.717) is 10.8 Å². The molecule has 3 N–H and O–H groups in total. The van der Waals surface area contributed by atoms with Crippen LogP contribution in [0.15, 0.2) is 48.5 Å². The SMILES string of the molecule is Cc1ccc(Nc2nc(N)nc(N3CCCCC3)c2-c2ccc(Cl)cc2)cc1. The molecule has 1 saturated heterocycles. The highest BCUT2D eigenvalue weighted by Crippen LogP contribution is 2.38. The molecule has 0 atom stereocenters. The Morgan fingerprint density at radius 2 is 1.61 bits per heavy atom. The molecule has 2 heterocycles. The molecule has 0 amide bonds. The van der Waals surface area contributed by atoms with Crippen LogP contribution in [0.1, 0.15) is 24.8 Å². The number of anilines is 4. The molecule has 144 valence electrons. The fourth-order valence-corrected chi connectivity index (χ4v) is 3.67. The van der Waals surface area contributed by atoms with Gasteiger partial charge in [-0.2, -0.15) is 9.97 Å². The number of nitrogens with one attached hydrogen (secondary N) is 1. The summed E-state index contributed by atoms with van der Waals surface area (Å²) in [5.41, 5.74) is 10.2. The summed E-state index contributed by atoms with van der Waals surface area (Å²) in [5.74, 6) is 1.86. The fraction of sp³-hybridized carbons (Fsp3) is 0.273. The zero-order valence-corrected chi connectivity index (χ0v) is 16.7. The number of aryl methyl sites for hydroxylation is 1. The number of nitrogens with two attached hydrogens (primary N) is 1. The van der Waals surface area contributed by atoms with E-state index < -0.39 is 0 Å². The molecule has 3 aromatic rings. The third-order valence-electron chi connectivity index (χ3n) is 5.01. The molecule has 0 saturated carbocycles. The molecule has 0 spiro atoms. The highest BCUT2D eigenvalue weighted by molar-refractivity contribution is 6.30. The van der Waals surface area contributed by atoms with Gasteiger partial charge in [-0.3, -0.25) is 0 Å². The lowest BCUT2D eigenvalue weighted by Crippen LogP contribution is -2.31. The summed E-state index contributed by atoms with van der Waals surface area (Å²) in [6, 6.07) is 16.0. The summed E-state index contributed by atoms with van der Waals surface area (Å²) in [6.07, 6.45) is 3.57. The van der Waals surface area contributed by atoms with Crippen molar-refractivity contribution in [3.63, 3.8) is 0 Å². The smallest absolute Gasteiger partial charge is 0.223 e. The standard InChI is InChI=1S/C22H24ClN5/c1-15-5-11-18(12-6-15)25-20-19(16-7-9-17(23)10-8-16)21(27-22(24)26-20)28-13-3-2-4-14-28/h5-12H,2-4,13-14H2,1H3,(H3,24,25,26,27). The maximum atomic E-state index is 6.12. The van der Waals surface area contributed by atoms with Gasteiger partial charge in [-0.05, 0) is 56.0 Å². The summed E-state index contributed by atoms with van der Waals surface area (Å²) in [4.78, 5) is 11.5. The third kappa shape index (κ3) is 4.04. The maximum absolute atomic E-state index is 6.12. The summed E-state index contributed by atoms with van der Waals surface area (Å²) >= 11 is 6.12. The summed E-state index contributed by atoms with van der Waals surface area (Å²) in [6.45, 7) is 4.02. The van der Waals surface area contributed by atoms with E-state index in [4.69, 9.17) is 17.3 Å². The fourth-order valence-electron chi connectivity index (χ4n) is 3.55. The van der Waals surface area contributed by atoms with Gasteiger partial charge in [0.1, 0.15) is 11.6 Å². The van der Waals surface area contributed by atoms with Crippen molar-refractivity contribution < 1.29 is 0 Å². The van der Waals surface area contributed by atoms with Crippen molar-refractivity contribution in [1.82, 2.24) is 9.97 Å². The molecule has 1 aromatic heterocycles. The van der Waals surface area contributed by atoms with E-state index in [0.717, 1.165) is 48.6 Å². The van der Waals surface area contributed by atoms with E-state index in [1.54, 1.807) is 0 Å². The minimum absolute atomic E-state index is 0.271. The maximum Gasteiger partial charge on any atom is 0.223 e. The quantitative estimate of drug-likeness (QED) is 0.619. The predicted molar refractivity (Wildman–Crippen MR) is 117 cm³/mol. The first kappa shape index (κ1) is 18.6. The van der Waals surface area contributed by atoms with Crippen LogP contribution in [0.4, 0.5) is 23.3 Å². The Balaban J connectivity index is 1.84. The molecular formula is C22H24ClN5. The van der Waals surface area contributed by atoms with Gasteiger partial charge in [-0.15, -0.1) is 0 Å². The van der Waals surface area contributed by atoms with Crippen LogP contribution in [0.3, 0.4) is 0 Å². The van der Waals surface area contributed by atoms with Crippen molar-refractivity contribution in [1.29, 1.82) is 0 Å². The lowest BCUT2D eigenvalue weighted by atomic mass is 10.0. The number of hydrogen-bond donors (Lipinski definition) is 2. The van der Waals surface area contributed by atoms with Gasteiger partial charge in [0.2, 0.25) is 5.95 Å². The average Bonchev–Trinajstić information content (AvgIpc) is 2.71. The van der Waals surface area contributed by atoms with E-state index in [-0.39, 0.29) is 5.95 Å². The second-order valence-electron chi connectivity index (χ2n) is 7.17. The first-order valence-electron chi connectivity index (χ1n) is 9.62. The molecule has 1 aliphatic heterocycles. The lowest BCUT2D eigenvalue weighted by molar-refractivity contribution is 0.574. The minimum Gasteiger partial charge on any atom is -0.368 e. The number of halogens is 1. The molecule has 0 radical (unpaired) electrons. The van der Waals surface area contributed by atoms with Crippen LogP contribution in [0.5, 0.6) is 0 Å². The molecular weight excluding hydrogens is 370 g/mol. The van der Waals surface area contributed by atoms with E-state index in [2.05, 4.69) is 39.2 Å². The number of benzene rings is 2. The first-order chi connectivity index (χ1) is 13.6. The van der Waals surface area contributed by atoms with Crippen molar-refractivity contribution in [3.8, 4) is 11.1 Å². The van der Waals surface area contributed by atoms with Gasteiger partial charge in [0, 0.05) is 23.8 Å². The third-order valence-corrected chi connectivity index (χ3v) is 5.26. The monoisotopic (exact) mass is 393 g/mol. The Hall–Kier alpha value is -2.79.